The Morgan fingerprint density at radius 1 is 1.29 bits per heavy atom. The van der Waals surface area contributed by atoms with Gasteiger partial charge in [-0.3, -0.25) is 4.31 Å². The molecular formula is C16H16ClNO5S. The van der Waals surface area contributed by atoms with E-state index >= 15 is 0 Å². The smallest absolute Gasteiger partial charge is 0.269 e. The van der Waals surface area contributed by atoms with Gasteiger partial charge in [0.05, 0.1) is 31.0 Å². The number of sulfonamides is 1. The van der Waals surface area contributed by atoms with E-state index < -0.39 is 16.1 Å². The van der Waals surface area contributed by atoms with Crippen LogP contribution >= 0.6 is 11.6 Å². The number of hydrogen-bond donors (Lipinski definition) is 1. The van der Waals surface area contributed by atoms with Crippen LogP contribution in [0.2, 0.25) is 5.02 Å². The number of hydrogen-bond acceptors (Lipinski definition) is 5. The van der Waals surface area contributed by atoms with Gasteiger partial charge < -0.3 is 14.6 Å². The highest BCUT2D eigenvalue weighted by Crippen LogP contribution is 2.40. The van der Waals surface area contributed by atoms with Gasteiger partial charge in [-0.15, -0.1) is 0 Å². The molecule has 1 N–H and O–H groups in total. The Kier molecular flexibility index (Phi) is 4.58. The monoisotopic (exact) mass is 369 g/mol. The van der Waals surface area contributed by atoms with Crippen molar-refractivity contribution in [2.45, 2.75) is 11.0 Å². The van der Waals surface area contributed by atoms with Gasteiger partial charge in [-0.2, -0.15) is 0 Å². The maximum atomic E-state index is 13.2. The average molecular weight is 370 g/mol. The van der Waals surface area contributed by atoms with Gasteiger partial charge in [-0.1, -0.05) is 29.8 Å². The highest BCUT2D eigenvalue weighted by Gasteiger charge is 2.36. The van der Waals surface area contributed by atoms with Crippen LogP contribution in [0.25, 0.3) is 0 Å². The predicted molar refractivity (Wildman–Crippen MR) is 90.5 cm³/mol. The molecule has 1 aliphatic rings. The summed E-state index contributed by atoms with van der Waals surface area (Å²) >= 11 is 6.14. The molecule has 1 heterocycles. The first-order valence-electron chi connectivity index (χ1n) is 7.21. The molecule has 0 aromatic heterocycles. The number of nitrogens with zero attached hydrogens (tertiary/aromatic N) is 1. The number of rotatable bonds is 4. The third-order valence-electron chi connectivity index (χ3n) is 3.70. The predicted octanol–water partition coefficient (Wildman–Crippen LogP) is 2.30. The van der Waals surface area contributed by atoms with Crippen molar-refractivity contribution in [1.29, 1.82) is 0 Å². The molecule has 1 aliphatic heterocycles. The third kappa shape index (κ3) is 2.79. The van der Waals surface area contributed by atoms with Crippen LogP contribution in [0.4, 0.5) is 5.69 Å². The van der Waals surface area contributed by atoms with E-state index in [0.29, 0.717) is 11.4 Å². The summed E-state index contributed by atoms with van der Waals surface area (Å²) < 4.78 is 38.4. The molecule has 24 heavy (non-hydrogen) atoms. The van der Waals surface area contributed by atoms with Gasteiger partial charge in [-0.25, -0.2) is 8.42 Å². The summed E-state index contributed by atoms with van der Waals surface area (Å²) in [5.41, 5.74) is 0.393. The Hall–Kier alpha value is -1.96. The van der Waals surface area contributed by atoms with E-state index in [1.54, 1.807) is 30.3 Å². The van der Waals surface area contributed by atoms with Gasteiger partial charge in [0.25, 0.3) is 10.0 Å². The second kappa shape index (κ2) is 6.51. The van der Waals surface area contributed by atoms with Crippen molar-refractivity contribution in [2.24, 2.45) is 0 Å². The molecule has 0 amide bonds. The zero-order valence-electron chi connectivity index (χ0n) is 12.8. The van der Waals surface area contributed by atoms with Gasteiger partial charge in [-0.05, 0) is 24.3 Å². The lowest BCUT2D eigenvalue weighted by molar-refractivity contribution is 0.116. The summed E-state index contributed by atoms with van der Waals surface area (Å²) in [6, 6.07) is 11.4. The first-order valence-corrected chi connectivity index (χ1v) is 9.02. The van der Waals surface area contributed by atoms with E-state index in [1.807, 2.05) is 0 Å². The number of ether oxygens (including phenoxy) is 2. The molecule has 0 saturated heterocycles. The number of methoxy groups -OCH3 is 1. The van der Waals surface area contributed by atoms with Crippen LogP contribution in [0, 0.1) is 0 Å². The minimum atomic E-state index is -4.01. The molecule has 0 aliphatic carbocycles. The summed E-state index contributed by atoms with van der Waals surface area (Å²) in [5.74, 6) is 0.546. The molecule has 128 valence electrons. The summed E-state index contributed by atoms with van der Waals surface area (Å²) in [6.07, 6.45) is -0.664. The van der Waals surface area contributed by atoms with Crippen molar-refractivity contribution < 1.29 is 23.0 Å². The number of benzene rings is 2. The quantitative estimate of drug-likeness (QED) is 0.894. The molecule has 8 heteroatoms. The lowest BCUT2D eigenvalue weighted by Gasteiger charge is -2.35. The van der Waals surface area contributed by atoms with E-state index in [0.717, 1.165) is 0 Å². The molecule has 3 rings (SSSR count). The maximum absolute atomic E-state index is 13.2. The number of aliphatic hydroxyl groups excluding tert-OH is 1. The van der Waals surface area contributed by atoms with Crippen molar-refractivity contribution >= 4 is 27.3 Å². The zero-order chi connectivity index (χ0) is 17.3. The Labute approximate surface area is 145 Å². The van der Waals surface area contributed by atoms with Crippen LogP contribution in [0.3, 0.4) is 0 Å². The molecule has 0 bridgehead atoms. The number of fused-ring (bicyclic) bond motifs is 1. The largest absolute Gasteiger partial charge is 0.495 e. The van der Waals surface area contributed by atoms with Crippen molar-refractivity contribution in [3.8, 4) is 11.5 Å². The van der Waals surface area contributed by atoms with E-state index in [4.69, 9.17) is 21.1 Å². The Morgan fingerprint density at radius 3 is 2.75 bits per heavy atom. The first-order chi connectivity index (χ1) is 11.5. The number of para-hydroxylation sites is 2. The summed E-state index contributed by atoms with van der Waals surface area (Å²) in [5, 5.41) is 9.50. The van der Waals surface area contributed by atoms with Gasteiger partial charge in [0.2, 0.25) is 0 Å². The van der Waals surface area contributed by atoms with Crippen molar-refractivity contribution in [1.82, 2.24) is 0 Å². The summed E-state index contributed by atoms with van der Waals surface area (Å²) in [7, 11) is -2.62. The number of halogens is 1. The number of anilines is 1. The Bertz CT molecular complexity index is 855. The fourth-order valence-corrected chi connectivity index (χ4v) is 4.77. The first kappa shape index (κ1) is 16.9. The fraction of sp³-hybridized carbons (Fsp3) is 0.250. The molecule has 0 radical (unpaired) electrons. The maximum Gasteiger partial charge on any atom is 0.269 e. The van der Waals surface area contributed by atoms with Crippen LogP contribution in [-0.2, 0) is 10.0 Å². The van der Waals surface area contributed by atoms with Crippen LogP contribution in [0.1, 0.15) is 0 Å². The van der Waals surface area contributed by atoms with Gasteiger partial charge in [0, 0.05) is 0 Å². The molecule has 2 aromatic carbocycles. The topological polar surface area (TPSA) is 76.1 Å². The molecule has 1 atom stereocenters. The second-order valence-corrected chi connectivity index (χ2v) is 7.40. The van der Waals surface area contributed by atoms with E-state index in [-0.39, 0.29) is 28.8 Å². The summed E-state index contributed by atoms with van der Waals surface area (Å²) in [6.45, 7) is -0.329. The van der Waals surface area contributed by atoms with Crippen LogP contribution in [-0.4, -0.2) is 39.9 Å². The lowest BCUT2D eigenvalue weighted by atomic mass is 10.2. The highest BCUT2D eigenvalue weighted by molar-refractivity contribution is 7.93. The molecular weight excluding hydrogens is 354 g/mol. The SMILES string of the molecule is COc1cccc(Cl)c1S(=O)(=O)N1CC(CO)Oc2ccccc21. The normalized spacial score (nSPS) is 17.1. The molecule has 0 fully saturated rings. The fourth-order valence-electron chi connectivity index (χ4n) is 2.60. The van der Waals surface area contributed by atoms with Gasteiger partial charge in [0.15, 0.2) is 0 Å². The average Bonchev–Trinajstić information content (AvgIpc) is 2.60. The molecule has 0 saturated carbocycles. The zero-order valence-corrected chi connectivity index (χ0v) is 14.4. The molecule has 6 nitrogen and oxygen atoms in total. The van der Waals surface area contributed by atoms with Crippen LogP contribution in [0.5, 0.6) is 11.5 Å². The Morgan fingerprint density at radius 2 is 2.04 bits per heavy atom. The van der Waals surface area contributed by atoms with E-state index in [2.05, 4.69) is 0 Å². The van der Waals surface area contributed by atoms with Crippen LogP contribution < -0.4 is 13.8 Å². The molecule has 0 spiro atoms. The minimum Gasteiger partial charge on any atom is -0.495 e. The molecule has 2 aromatic rings. The van der Waals surface area contributed by atoms with Crippen molar-refractivity contribution in [3.63, 3.8) is 0 Å². The molecule has 1 unspecified atom stereocenters. The van der Waals surface area contributed by atoms with Gasteiger partial charge in [0.1, 0.15) is 22.5 Å². The Balaban J connectivity index is 2.17. The highest BCUT2D eigenvalue weighted by atomic mass is 35.5. The number of aliphatic hydroxyl groups is 1. The van der Waals surface area contributed by atoms with Crippen molar-refractivity contribution in [3.05, 3.63) is 47.5 Å². The van der Waals surface area contributed by atoms with E-state index in [1.165, 1.54) is 23.5 Å². The van der Waals surface area contributed by atoms with Crippen LogP contribution in [0.15, 0.2) is 47.4 Å². The van der Waals surface area contributed by atoms with E-state index in [9.17, 15) is 13.5 Å². The van der Waals surface area contributed by atoms with Crippen molar-refractivity contribution in [2.75, 3.05) is 24.6 Å². The third-order valence-corrected chi connectivity index (χ3v) is 5.99. The minimum absolute atomic E-state index is 0.0236. The summed E-state index contributed by atoms with van der Waals surface area (Å²) in [4.78, 5) is -0.109. The second-order valence-electron chi connectivity index (χ2n) is 5.20. The van der Waals surface area contributed by atoms with Gasteiger partial charge >= 0.3 is 0 Å². The standard InChI is InChI=1S/C16H16ClNO5S/c1-22-15-8-4-5-12(17)16(15)24(20,21)18-9-11(10-19)23-14-7-3-2-6-13(14)18/h2-8,11,19H,9-10H2,1H3. The lowest BCUT2D eigenvalue weighted by Crippen LogP contribution is -2.45.